The van der Waals surface area contributed by atoms with Crippen LogP contribution in [0, 0.1) is 0 Å². The lowest BCUT2D eigenvalue weighted by atomic mass is 9.96. The second-order valence-electron chi connectivity index (χ2n) is 11.6. The van der Waals surface area contributed by atoms with E-state index in [2.05, 4.69) is 6.07 Å². The fourth-order valence-electron chi connectivity index (χ4n) is 5.37. The number of unbranched alkanes of at least 4 members (excludes halogenated alkanes) is 3. The SMILES string of the molecule is CCOC(=O)CCCOc1cccc(CCCCCCOc2cc(COC)cc(-c3ccc(S(C)(=O)=O)cc3)c2)c1CCC(=O)OCC. The van der Waals surface area contributed by atoms with Gasteiger partial charge in [-0.1, -0.05) is 37.1 Å². The summed E-state index contributed by atoms with van der Waals surface area (Å²) in [6, 6.07) is 18.8. The normalized spacial score (nSPS) is 11.2. The molecule has 48 heavy (non-hydrogen) atoms. The number of benzene rings is 3. The van der Waals surface area contributed by atoms with Crippen LogP contribution in [0.2, 0.25) is 0 Å². The van der Waals surface area contributed by atoms with Crippen molar-refractivity contribution in [1.29, 1.82) is 0 Å². The highest BCUT2D eigenvalue weighted by atomic mass is 32.2. The summed E-state index contributed by atoms with van der Waals surface area (Å²) in [7, 11) is -1.62. The molecule has 0 saturated heterocycles. The van der Waals surface area contributed by atoms with E-state index in [1.807, 2.05) is 42.5 Å². The lowest BCUT2D eigenvalue weighted by molar-refractivity contribution is -0.144. The Bertz CT molecular complexity index is 1550. The molecule has 0 heterocycles. The van der Waals surface area contributed by atoms with Crippen LogP contribution in [0.3, 0.4) is 0 Å². The quantitative estimate of drug-likeness (QED) is 0.0795. The van der Waals surface area contributed by atoms with Crippen molar-refractivity contribution in [2.75, 3.05) is 39.8 Å². The topological polar surface area (TPSA) is 114 Å². The number of ether oxygens (including phenoxy) is 5. The monoisotopic (exact) mass is 682 g/mol. The summed E-state index contributed by atoms with van der Waals surface area (Å²) in [5.74, 6) is 1.03. The van der Waals surface area contributed by atoms with E-state index < -0.39 is 9.84 Å². The van der Waals surface area contributed by atoms with Crippen LogP contribution in [0.5, 0.6) is 11.5 Å². The van der Waals surface area contributed by atoms with Crippen LogP contribution in [0.4, 0.5) is 0 Å². The summed E-state index contributed by atoms with van der Waals surface area (Å²) in [5, 5.41) is 0. The fraction of sp³-hybridized carbons (Fsp3) is 0.474. The molecule has 262 valence electrons. The number of aryl methyl sites for hydroxylation is 1. The van der Waals surface area contributed by atoms with Crippen LogP contribution in [0.15, 0.2) is 65.6 Å². The Labute approximate surface area is 285 Å². The third kappa shape index (κ3) is 13.3. The second kappa shape index (κ2) is 20.5. The Balaban J connectivity index is 1.53. The maximum absolute atomic E-state index is 12.1. The van der Waals surface area contributed by atoms with Crippen LogP contribution in [0.25, 0.3) is 11.1 Å². The summed E-state index contributed by atoms with van der Waals surface area (Å²) >= 11 is 0. The largest absolute Gasteiger partial charge is 0.494 e. The molecule has 0 atom stereocenters. The van der Waals surface area contributed by atoms with Crippen LogP contribution in [0.1, 0.15) is 75.5 Å². The molecule has 0 aliphatic carbocycles. The Hall–Kier alpha value is -3.89. The van der Waals surface area contributed by atoms with Gasteiger partial charge in [-0.05, 0) is 110 Å². The molecule has 0 unspecified atom stereocenters. The number of carbonyl (C=O) groups is 2. The molecule has 10 heteroatoms. The summed E-state index contributed by atoms with van der Waals surface area (Å²) in [6.07, 6.45) is 7.62. The van der Waals surface area contributed by atoms with E-state index in [-0.39, 0.29) is 23.3 Å². The molecular formula is C38H50O9S. The molecule has 0 radical (unpaired) electrons. The molecule has 0 aromatic heterocycles. The lowest BCUT2D eigenvalue weighted by Gasteiger charge is -2.16. The van der Waals surface area contributed by atoms with Crippen molar-refractivity contribution in [3.05, 3.63) is 77.4 Å². The number of hydrogen-bond acceptors (Lipinski definition) is 9. The second-order valence-corrected chi connectivity index (χ2v) is 13.6. The Morgan fingerprint density at radius 3 is 2.08 bits per heavy atom. The minimum atomic E-state index is -3.27. The van der Waals surface area contributed by atoms with Gasteiger partial charge in [0.15, 0.2) is 9.84 Å². The van der Waals surface area contributed by atoms with Gasteiger partial charge < -0.3 is 23.7 Å². The third-order valence-electron chi connectivity index (χ3n) is 7.70. The first-order valence-corrected chi connectivity index (χ1v) is 18.6. The Morgan fingerprint density at radius 1 is 0.708 bits per heavy atom. The molecule has 3 rings (SSSR count). The molecule has 0 saturated carbocycles. The highest BCUT2D eigenvalue weighted by molar-refractivity contribution is 7.90. The van der Waals surface area contributed by atoms with Gasteiger partial charge in [0.1, 0.15) is 11.5 Å². The van der Waals surface area contributed by atoms with Crippen molar-refractivity contribution >= 4 is 21.8 Å². The van der Waals surface area contributed by atoms with E-state index in [0.717, 1.165) is 71.4 Å². The molecule has 0 aliphatic rings. The minimum Gasteiger partial charge on any atom is -0.494 e. The third-order valence-corrected chi connectivity index (χ3v) is 8.83. The first kappa shape index (κ1) is 38.6. The van der Waals surface area contributed by atoms with Crippen LogP contribution in [-0.4, -0.2) is 60.1 Å². The number of esters is 2. The van der Waals surface area contributed by atoms with Gasteiger partial charge in [0.2, 0.25) is 0 Å². The molecule has 0 N–H and O–H groups in total. The smallest absolute Gasteiger partial charge is 0.306 e. The average Bonchev–Trinajstić information content (AvgIpc) is 3.06. The van der Waals surface area contributed by atoms with Crippen LogP contribution in [-0.2, 0) is 53.1 Å². The van der Waals surface area contributed by atoms with E-state index in [4.69, 9.17) is 23.7 Å². The first-order chi connectivity index (χ1) is 23.1. The molecule has 0 fully saturated rings. The van der Waals surface area contributed by atoms with Gasteiger partial charge in [-0.15, -0.1) is 0 Å². The predicted octanol–water partition coefficient (Wildman–Crippen LogP) is 7.30. The molecule has 3 aromatic rings. The molecule has 0 amide bonds. The van der Waals surface area contributed by atoms with Gasteiger partial charge in [0, 0.05) is 26.2 Å². The number of carbonyl (C=O) groups excluding carboxylic acids is 2. The van der Waals surface area contributed by atoms with Gasteiger partial charge in [0.05, 0.1) is 37.9 Å². The van der Waals surface area contributed by atoms with Crippen molar-refractivity contribution in [3.63, 3.8) is 0 Å². The van der Waals surface area contributed by atoms with E-state index in [1.165, 1.54) is 6.26 Å². The Morgan fingerprint density at radius 2 is 1.40 bits per heavy atom. The average molecular weight is 683 g/mol. The molecule has 0 aliphatic heterocycles. The van der Waals surface area contributed by atoms with Crippen LogP contribution < -0.4 is 9.47 Å². The molecule has 3 aromatic carbocycles. The molecular weight excluding hydrogens is 632 g/mol. The predicted molar refractivity (Wildman–Crippen MR) is 186 cm³/mol. The van der Waals surface area contributed by atoms with Gasteiger partial charge in [-0.2, -0.15) is 0 Å². The van der Waals surface area contributed by atoms with E-state index in [1.54, 1.807) is 33.1 Å². The molecule has 0 spiro atoms. The van der Waals surface area contributed by atoms with E-state index in [9.17, 15) is 18.0 Å². The van der Waals surface area contributed by atoms with Gasteiger partial charge in [0.25, 0.3) is 0 Å². The number of sulfone groups is 1. The zero-order valence-corrected chi connectivity index (χ0v) is 29.6. The maximum Gasteiger partial charge on any atom is 0.306 e. The first-order valence-electron chi connectivity index (χ1n) is 16.8. The number of methoxy groups -OCH3 is 1. The fourth-order valence-corrected chi connectivity index (χ4v) is 6.00. The van der Waals surface area contributed by atoms with Crippen molar-refractivity contribution in [2.24, 2.45) is 0 Å². The summed E-state index contributed by atoms with van der Waals surface area (Å²) in [4.78, 5) is 24.1. The van der Waals surface area contributed by atoms with Crippen LogP contribution >= 0.6 is 0 Å². The van der Waals surface area contributed by atoms with Crippen molar-refractivity contribution in [3.8, 4) is 22.6 Å². The maximum atomic E-state index is 12.1. The highest BCUT2D eigenvalue weighted by Gasteiger charge is 2.14. The number of hydrogen-bond donors (Lipinski definition) is 0. The number of rotatable bonds is 22. The van der Waals surface area contributed by atoms with Crippen molar-refractivity contribution < 1.29 is 41.7 Å². The Kier molecular flexibility index (Phi) is 16.4. The summed E-state index contributed by atoms with van der Waals surface area (Å²) in [6.45, 7) is 5.70. The van der Waals surface area contributed by atoms with Crippen molar-refractivity contribution in [1.82, 2.24) is 0 Å². The molecule has 9 nitrogen and oxygen atoms in total. The zero-order valence-electron chi connectivity index (χ0n) is 28.8. The molecule has 0 bridgehead atoms. The summed E-state index contributed by atoms with van der Waals surface area (Å²) in [5.41, 5.74) is 4.98. The van der Waals surface area contributed by atoms with Gasteiger partial charge >= 0.3 is 11.9 Å². The zero-order chi connectivity index (χ0) is 34.8. The van der Waals surface area contributed by atoms with E-state index in [0.29, 0.717) is 52.3 Å². The summed E-state index contributed by atoms with van der Waals surface area (Å²) < 4.78 is 51.4. The van der Waals surface area contributed by atoms with Gasteiger partial charge in [-0.25, -0.2) is 8.42 Å². The van der Waals surface area contributed by atoms with E-state index >= 15 is 0 Å². The minimum absolute atomic E-state index is 0.231. The standard InChI is InChI=1S/C38H50O9S/c1-5-44-37(39)16-12-24-47-36-15-11-14-31(35(36)21-22-38(40)45-6-2)13-9-7-8-10-23-46-33-26-29(28-43-3)25-32(27-33)30-17-19-34(20-18-30)48(4,41)42/h11,14-15,17-20,25-27H,5-10,12-13,16,21-24,28H2,1-4H3. The lowest BCUT2D eigenvalue weighted by Crippen LogP contribution is -2.10. The van der Waals surface area contributed by atoms with Crippen molar-refractivity contribution in [2.45, 2.75) is 83.1 Å². The van der Waals surface area contributed by atoms with Gasteiger partial charge in [-0.3, -0.25) is 9.59 Å². The highest BCUT2D eigenvalue weighted by Crippen LogP contribution is 2.29.